The summed E-state index contributed by atoms with van der Waals surface area (Å²) in [5.74, 6) is 0. The molecule has 0 radical (unpaired) electrons. The number of allylic oxidation sites excluding steroid dienone is 1. The molecule has 72 valence electrons. The Balaban J connectivity index is 2.97. The molecule has 0 atom stereocenters. The van der Waals surface area contributed by atoms with Crippen LogP contribution >= 0.6 is 0 Å². The molecule has 0 aromatic heterocycles. The summed E-state index contributed by atoms with van der Waals surface area (Å²) in [6.45, 7) is 6.45. The molecule has 1 aliphatic heterocycles. The average molecular weight is 179 g/mol. The molecule has 0 aromatic carbocycles. The highest BCUT2D eigenvalue weighted by Crippen LogP contribution is 2.21. The van der Waals surface area contributed by atoms with Crippen LogP contribution in [-0.2, 0) is 0 Å². The van der Waals surface area contributed by atoms with Gasteiger partial charge in [0.2, 0.25) is 0 Å². The molecule has 0 amide bonds. The smallest absolute Gasteiger partial charge is 0.0763 e. The third kappa shape index (κ3) is 2.34. The second-order valence-electron chi connectivity index (χ2n) is 4.03. The summed E-state index contributed by atoms with van der Waals surface area (Å²) in [6.07, 6.45) is 5.54. The van der Waals surface area contributed by atoms with Crippen molar-refractivity contribution in [2.45, 2.75) is 20.8 Å². The van der Waals surface area contributed by atoms with Crippen LogP contribution in [0.4, 0.5) is 0 Å². The molecule has 1 rings (SSSR count). The fourth-order valence-electron chi connectivity index (χ4n) is 1.23. The van der Waals surface area contributed by atoms with Crippen molar-refractivity contribution in [3.05, 3.63) is 24.3 Å². The normalized spacial score (nSPS) is 19.7. The van der Waals surface area contributed by atoms with E-state index in [-0.39, 0.29) is 5.41 Å². The Bertz CT molecular complexity index is 266. The Hall–Kier alpha value is -1.25. The second kappa shape index (κ2) is 3.64. The molecule has 0 aromatic rings. The third-order valence-corrected chi connectivity index (χ3v) is 1.77. The van der Waals surface area contributed by atoms with Crippen molar-refractivity contribution < 1.29 is 0 Å². The molecule has 0 fully saturated rings. The summed E-state index contributed by atoms with van der Waals surface area (Å²) in [7, 11) is 1.88. The van der Waals surface area contributed by atoms with Gasteiger partial charge in [0.1, 0.15) is 0 Å². The Labute approximate surface area is 79.6 Å². The minimum atomic E-state index is 0.0699. The van der Waals surface area contributed by atoms with Crippen LogP contribution in [0.15, 0.2) is 29.3 Å². The fraction of sp³-hybridized carbons (Fsp3) is 0.500. The van der Waals surface area contributed by atoms with Crippen LogP contribution in [0.2, 0.25) is 0 Å². The van der Waals surface area contributed by atoms with E-state index in [4.69, 9.17) is 0 Å². The molecule has 1 heterocycles. The zero-order valence-electron chi connectivity index (χ0n) is 8.68. The molecule has 3 nitrogen and oxygen atoms in total. The van der Waals surface area contributed by atoms with Crippen molar-refractivity contribution in [2.75, 3.05) is 7.05 Å². The zero-order valence-corrected chi connectivity index (χ0v) is 8.68. The standard InChI is InChI=1S/C10H17N3/c1-10(2,3)9-8(7-11-4)12-5-6-13-9/h5-7,11-12H,1-4H3/b8-7-. The minimum absolute atomic E-state index is 0.0699. The maximum Gasteiger partial charge on any atom is 0.0763 e. The maximum atomic E-state index is 4.37. The lowest BCUT2D eigenvalue weighted by molar-refractivity contribution is 0.586. The van der Waals surface area contributed by atoms with Crippen LogP contribution in [0.1, 0.15) is 20.8 Å². The van der Waals surface area contributed by atoms with Gasteiger partial charge in [0.25, 0.3) is 0 Å². The first kappa shape index (κ1) is 9.84. The Morgan fingerprint density at radius 3 is 2.69 bits per heavy atom. The van der Waals surface area contributed by atoms with Gasteiger partial charge in [-0.3, -0.25) is 4.99 Å². The summed E-state index contributed by atoms with van der Waals surface area (Å²) in [5, 5.41) is 6.16. The second-order valence-corrected chi connectivity index (χ2v) is 4.03. The van der Waals surface area contributed by atoms with Gasteiger partial charge >= 0.3 is 0 Å². The molecular weight excluding hydrogens is 162 g/mol. The van der Waals surface area contributed by atoms with Crippen LogP contribution in [-0.4, -0.2) is 12.8 Å². The van der Waals surface area contributed by atoms with Crippen molar-refractivity contribution >= 4 is 5.71 Å². The van der Waals surface area contributed by atoms with Gasteiger partial charge in [0.15, 0.2) is 0 Å². The molecule has 0 aliphatic carbocycles. The van der Waals surface area contributed by atoms with Gasteiger partial charge in [-0.2, -0.15) is 0 Å². The Morgan fingerprint density at radius 2 is 2.15 bits per heavy atom. The molecule has 0 unspecified atom stereocenters. The number of nitrogens with one attached hydrogen (secondary N) is 2. The van der Waals surface area contributed by atoms with E-state index in [1.807, 2.05) is 19.4 Å². The van der Waals surface area contributed by atoms with E-state index in [1.165, 1.54) is 0 Å². The third-order valence-electron chi connectivity index (χ3n) is 1.77. The van der Waals surface area contributed by atoms with Gasteiger partial charge < -0.3 is 10.6 Å². The van der Waals surface area contributed by atoms with E-state index in [1.54, 1.807) is 6.20 Å². The molecule has 13 heavy (non-hydrogen) atoms. The van der Waals surface area contributed by atoms with E-state index in [2.05, 4.69) is 36.4 Å². The lowest BCUT2D eigenvalue weighted by Gasteiger charge is -2.25. The number of hydrogen-bond acceptors (Lipinski definition) is 3. The molecule has 0 saturated heterocycles. The first-order valence-electron chi connectivity index (χ1n) is 4.43. The summed E-state index contributed by atoms with van der Waals surface area (Å²) >= 11 is 0. The van der Waals surface area contributed by atoms with Gasteiger partial charge in [-0.25, -0.2) is 0 Å². The van der Waals surface area contributed by atoms with Crippen molar-refractivity contribution in [1.29, 1.82) is 0 Å². The van der Waals surface area contributed by atoms with Crippen molar-refractivity contribution in [2.24, 2.45) is 10.4 Å². The number of nitrogens with zero attached hydrogens (tertiary/aromatic N) is 1. The quantitative estimate of drug-likeness (QED) is 0.641. The van der Waals surface area contributed by atoms with E-state index in [0.717, 1.165) is 11.4 Å². The van der Waals surface area contributed by atoms with Crippen LogP contribution in [0.5, 0.6) is 0 Å². The zero-order chi connectivity index (χ0) is 9.90. The van der Waals surface area contributed by atoms with Gasteiger partial charge in [-0.15, -0.1) is 0 Å². The molecule has 1 aliphatic rings. The highest BCUT2D eigenvalue weighted by atomic mass is 15.0. The lowest BCUT2D eigenvalue weighted by Crippen LogP contribution is -2.30. The molecule has 0 saturated carbocycles. The van der Waals surface area contributed by atoms with Crippen LogP contribution < -0.4 is 10.6 Å². The summed E-state index contributed by atoms with van der Waals surface area (Å²) in [6, 6.07) is 0. The van der Waals surface area contributed by atoms with Crippen molar-refractivity contribution in [3.8, 4) is 0 Å². The van der Waals surface area contributed by atoms with Gasteiger partial charge in [0, 0.05) is 31.1 Å². The lowest BCUT2D eigenvalue weighted by atomic mass is 9.87. The van der Waals surface area contributed by atoms with Crippen molar-refractivity contribution in [3.63, 3.8) is 0 Å². The Morgan fingerprint density at radius 1 is 1.46 bits per heavy atom. The summed E-state index contributed by atoms with van der Waals surface area (Å²) in [4.78, 5) is 4.37. The average Bonchev–Trinajstić information content (AvgIpc) is 2.04. The monoisotopic (exact) mass is 179 g/mol. The van der Waals surface area contributed by atoms with Gasteiger partial charge in [0.05, 0.1) is 11.4 Å². The van der Waals surface area contributed by atoms with Crippen LogP contribution in [0.25, 0.3) is 0 Å². The largest absolute Gasteiger partial charge is 0.392 e. The predicted molar refractivity (Wildman–Crippen MR) is 56.3 cm³/mol. The van der Waals surface area contributed by atoms with E-state index < -0.39 is 0 Å². The minimum Gasteiger partial charge on any atom is -0.392 e. The van der Waals surface area contributed by atoms with Crippen LogP contribution in [0.3, 0.4) is 0 Å². The molecule has 3 heteroatoms. The highest BCUT2D eigenvalue weighted by Gasteiger charge is 2.23. The number of rotatable bonds is 1. The SMILES string of the molecule is CN/C=C1\NC=CN=C1C(C)(C)C. The number of aliphatic imine (C=N–C) groups is 1. The highest BCUT2D eigenvalue weighted by molar-refractivity contribution is 6.04. The van der Waals surface area contributed by atoms with E-state index in [0.29, 0.717) is 0 Å². The van der Waals surface area contributed by atoms with Crippen molar-refractivity contribution in [1.82, 2.24) is 10.6 Å². The molecular formula is C10H17N3. The van der Waals surface area contributed by atoms with Crippen LogP contribution in [0, 0.1) is 5.41 Å². The van der Waals surface area contributed by atoms with Gasteiger partial charge in [-0.1, -0.05) is 20.8 Å². The van der Waals surface area contributed by atoms with E-state index >= 15 is 0 Å². The fourth-order valence-corrected chi connectivity index (χ4v) is 1.23. The van der Waals surface area contributed by atoms with E-state index in [9.17, 15) is 0 Å². The Kier molecular flexibility index (Phi) is 2.76. The summed E-state index contributed by atoms with van der Waals surface area (Å²) in [5.41, 5.74) is 2.18. The molecule has 0 spiro atoms. The number of hydrogen-bond donors (Lipinski definition) is 2. The van der Waals surface area contributed by atoms with Gasteiger partial charge in [-0.05, 0) is 0 Å². The molecule has 2 N–H and O–H groups in total. The topological polar surface area (TPSA) is 36.4 Å². The first-order chi connectivity index (χ1) is 6.05. The maximum absolute atomic E-state index is 4.37. The molecule has 0 bridgehead atoms. The predicted octanol–water partition coefficient (Wildman–Crippen LogP) is 1.61. The summed E-state index contributed by atoms with van der Waals surface area (Å²) < 4.78 is 0. The first-order valence-corrected chi connectivity index (χ1v) is 4.43.